The second kappa shape index (κ2) is 5.46. The Morgan fingerprint density at radius 3 is 2.75 bits per heavy atom. The lowest BCUT2D eigenvalue weighted by molar-refractivity contribution is 0.0626. The van der Waals surface area contributed by atoms with Crippen LogP contribution in [0.3, 0.4) is 0 Å². The molecule has 92 valence electrons. The maximum Gasteiger partial charge on any atom is 0.0712 e. The maximum atomic E-state index is 9.86. The average Bonchev–Trinajstić information content (AvgIpc) is 2.63. The van der Waals surface area contributed by atoms with E-state index in [2.05, 4.69) is 17.3 Å². The number of rotatable bonds is 5. The molecule has 0 aliphatic rings. The van der Waals surface area contributed by atoms with E-state index >= 15 is 0 Å². The molecule has 1 heterocycles. The summed E-state index contributed by atoms with van der Waals surface area (Å²) in [5, 5.41) is 17.3. The molecule has 1 aromatic rings. The monoisotopic (exact) mass is 225 g/mol. The molecule has 0 saturated carbocycles. The number of aliphatic hydroxyl groups excluding tert-OH is 1. The summed E-state index contributed by atoms with van der Waals surface area (Å²) < 4.78 is 1.95. The molecule has 16 heavy (non-hydrogen) atoms. The zero-order valence-electron chi connectivity index (χ0n) is 10.7. The molecule has 2 N–H and O–H groups in total. The Kier molecular flexibility index (Phi) is 4.50. The molecule has 4 nitrogen and oxygen atoms in total. The zero-order valence-corrected chi connectivity index (χ0v) is 10.7. The Bertz CT molecular complexity index is 314. The van der Waals surface area contributed by atoms with Gasteiger partial charge < -0.3 is 10.4 Å². The predicted octanol–water partition coefficient (Wildman–Crippen LogP) is 1.40. The lowest BCUT2D eigenvalue weighted by Gasteiger charge is -2.26. The molecule has 0 aliphatic heterocycles. The molecule has 1 unspecified atom stereocenters. The summed E-state index contributed by atoms with van der Waals surface area (Å²) in [6.45, 7) is 10.4. The molecule has 4 heteroatoms. The van der Waals surface area contributed by atoms with Crippen LogP contribution in [0.4, 0.5) is 0 Å². The second-order valence-corrected chi connectivity index (χ2v) is 5.15. The zero-order chi connectivity index (χ0) is 12.2. The van der Waals surface area contributed by atoms with E-state index in [-0.39, 0.29) is 11.5 Å². The van der Waals surface area contributed by atoms with Crippen LogP contribution < -0.4 is 5.32 Å². The topological polar surface area (TPSA) is 50.1 Å². The molecule has 0 bridgehead atoms. The minimum atomic E-state index is -0.328. The molecular formula is C12H23N3O. The normalized spacial score (nSPS) is 14.1. The first kappa shape index (κ1) is 13.2. The lowest BCUT2D eigenvalue weighted by Crippen LogP contribution is -2.36. The molecule has 0 radical (unpaired) electrons. The third kappa shape index (κ3) is 3.61. The molecule has 1 atom stereocenters. The van der Waals surface area contributed by atoms with Gasteiger partial charge in [-0.1, -0.05) is 20.8 Å². The molecule has 0 saturated heterocycles. The second-order valence-electron chi connectivity index (χ2n) is 5.15. The fraction of sp³-hybridized carbons (Fsp3) is 0.750. The molecule has 0 spiro atoms. The van der Waals surface area contributed by atoms with Crippen LogP contribution >= 0.6 is 0 Å². The van der Waals surface area contributed by atoms with Crippen molar-refractivity contribution in [3.8, 4) is 0 Å². The van der Waals surface area contributed by atoms with E-state index in [1.807, 2.05) is 31.5 Å². The van der Waals surface area contributed by atoms with Crippen molar-refractivity contribution in [2.75, 3.05) is 6.54 Å². The summed E-state index contributed by atoms with van der Waals surface area (Å²) in [5.41, 5.74) is 1.08. The van der Waals surface area contributed by atoms with Gasteiger partial charge in [0.15, 0.2) is 0 Å². The van der Waals surface area contributed by atoms with Gasteiger partial charge in [0.2, 0.25) is 0 Å². The first-order valence-corrected chi connectivity index (χ1v) is 5.84. The van der Waals surface area contributed by atoms with Crippen molar-refractivity contribution < 1.29 is 5.11 Å². The number of aromatic nitrogens is 2. The van der Waals surface area contributed by atoms with Crippen molar-refractivity contribution >= 4 is 0 Å². The van der Waals surface area contributed by atoms with Gasteiger partial charge in [-0.05, 0) is 18.4 Å². The number of aryl methyl sites for hydroxylation is 1. The van der Waals surface area contributed by atoms with E-state index in [0.29, 0.717) is 6.54 Å². The van der Waals surface area contributed by atoms with Gasteiger partial charge in [-0.25, -0.2) is 0 Å². The first-order valence-electron chi connectivity index (χ1n) is 5.84. The standard InChI is InChI=1S/C12H23N3O/c1-5-15-10(6-7-14-15)8-13-9-11(16)12(2,3)4/h6-7,11,13,16H,5,8-9H2,1-4H3. The van der Waals surface area contributed by atoms with Crippen molar-refractivity contribution in [2.45, 2.75) is 46.9 Å². The Morgan fingerprint density at radius 1 is 1.50 bits per heavy atom. The quantitative estimate of drug-likeness (QED) is 0.796. The van der Waals surface area contributed by atoms with Crippen LogP contribution in [0.1, 0.15) is 33.4 Å². The SMILES string of the molecule is CCn1nccc1CNCC(O)C(C)(C)C. The summed E-state index contributed by atoms with van der Waals surface area (Å²) in [6.07, 6.45) is 1.48. The van der Waals surface area contributed by atoms with Gasteiger partial charge >= 0.3 is 0 Å². The summed E-state index contributed by atoms with van der Waals surface area (Å²) in [7, 11) is 0. The van der Waals surface area contributed by atoms with E-state index in [4.69, 9.17) is 0 Å². The summed E-state index contributed by atoms with van der Waals surface area (Å²) in [6, 6.07) is 2.00. The Hall–Kier alpha value is -0.870. The summed E-state index contributed by atoms with van der Waals surface area (Å²) in [4.78, 5) is 0. The number of hydrogen-bond acceptors (Lipinski definition) is 3. The first-order chi connectivity index (χ1) is 7.45. The van der Waals surface area contributed by atoms with Crippen molar-refractivity contribution in [1.29, 1.82) is 0 Å². The van der Waals surface area contributed by atoms with Crippen LogP contribution in [0, 0.1) is 5.41 Å². The van der Waals surface area contributed by atoms with Crippen LogP contribution in [0.25, 0.3) is 0 Å². The van der Waals surface area contributed by atoms with Crippen molar-refractivity contribution in [1.82, 2.24) is 15.1 Å². The maximum absolute atomic E-state index is 9.86. The molecule has 0 aliphatic carbocycles. The van der Waals surface area contributed by atoms with Crippen LogP contribution in [-0.2, 0) is 13.1 Å². The van der Waals surface area contributed by atoms with E-state index < -0.39 is 0 Å². The summed E-state index contributed by atoms with van der Waals surface area (Å²) >= 11 is 0. The number of nitrogens with zero attached hydrogens (tertiary/aromatic N) is 2. The molecule has 0 fully saturated rings. The number of nitrogens with one attached hydrogen (secondary N) is 1. The Morgan fingerprint density at radius 2 is 2.19 bits per heavy atom. The van der Waals surface area contributed by atoms with Gasteiger partial charge in [-0.3, -0.25) is 4.68 Å². The third-order valence-corrected chi connectivity index (χ3v) is 2.75. The molecule has 0 aromatic carbocycles. The smallest absolute Gasteiger partial charge is 0.0712 e. The minimum Gasteiger partial charge on any atom is -0.391 e. The fourth-order valence-electron chi connectivity index (χ4n) is 1.44. The van der Waals surface area contributed by atoms with Gasteiger partial charge in [0.1, 0.15) is 0 Å². The summed E-state index contributed by atoms with van der Waals surface area (Å²) in [5.74, 6) is 0. The van der Waals surface area contributed by atoms with E-state index in [1.165, 1.54) is 0 Å². The van der Waals surface area contributed by atoms with Crippen LogP contribution in [-0.4, -0.2) is 27.5 Å². The van der Waals surface area contributed by atoms with Crippen LogP contribution in [0.5, 0.6) is 0 Å². The molecule has 0 amide bonds. The highest BCUT2D eigenvalue weighted by Gasteiger charge is 2.21. The van der Waals surface area contributed by atoms with Gasteiger partial charge in [-0.2, -0.15) is 5.10 Å². The molecular weight excluding hydrogens is 202 g/mol. The van der Waals surface area contributed by atoms with Crippen molar-refractivity contribution in [3.05, 3.63) is 18.0 Å². The average molecular weight is 225 g/mol. The largest absolute Gasteiger partial charge is 0.391 e. The van der Waals surface area contributed by atoms with Gasteiger partial charge in [0.05, 0.1) is 11.8 Å². The van der Waals surface area contributed by atoms with Crippen LogP contribution in [0.2, 0.25) is 0 Å². The Labute approximate surface area is 97.7 Å². The van der Waals surface area contributed by atoms with E-state index in [9.17, 15) is 5.11 Å². The van der Waals surface area contributed by atoms with Crippen molar-refractivity contribution in [2.24, 2.45) is 5.41 Å². The Balaban J connectivity index is 2.36. The highest BCUT2D eigenvalue weighted by atomic mass is 16.3. The van der Waals surface area contributed by atoms with Crippen LogP contribution in [0.15, 0.2) is 12.3 Å². The van der Waals surface area contributed by atoms with E-state index in [1.54, 1.807) is 6.20 Å². The van der Waals surface area contributed by atoms with Gasteiger partial charge in [-0.15, -0.1) is 0 Å². The van der Waals surface area contributed by atoms with E-state index in [0.717, 1.165) is 18.8 Å². The number of hydrogen-bond donors (Lipinski definition) is 2. The number of aliphatic hydroxyl groups is 1. The highest BCUT2D eigenvalue weighted by Crippen LogP contribution is 2.18. The highest BCUT2D eigenvalue weighted by molar-refractivity contribution is 4.99. The predicted molar refractivity (Wildman–Crippen MR) is 65.1 cm³/mol. The molecule has 1 aromatic heterocycles. The third-order valence-electron chi connectivity index (χ3n) is 2.75. The fourth-order valence-corrected chi connectivity index (χ4v) is 1.44. The molecule has 1 rings (SSSR count). The lowest BCUT2D eigenvalue weighted by atomic mass is 9.89. The van der Waals surface area contributed by atoms with Gasteiger partial charge in [0.25, 0.3) is 0 Å². The minimum absolute atomic E-state index is 0.0714. The van der Waals surface area contributed by atoms with Crippen molar-refractivity contribution in [3.63, 3.8) is 0 Å². The van der Waals surface area contributed by atoms with Gasteiger partial charge in [0, 0.05) is 25.8 Å².